The van der Waals surface area contributed by atoms with E-state index in [-0.39, 0.29) is 6.04 Å². The molecule has 1 heterocycles. The van der Waals surface area contributed by atoms with Crippen LogP contribution in [0.25, 0.3) is 0 Å². The van der Waals surface area contributed by atoms with Crippen LogP contribution in [-0.4, -0.2) is 9.78 Å². The van der Waals surface area contributed by atoms with Crippen LogP contribution >= 0.6 is 23.2 Å². The number of hydrogen-bond donors (Lipinski definition) is 1. The molecule has 0 bridgehead atoms. The minimum absolute atomic E-state index is 0.157. The van der Waals surface area contributed by atoms with Crippen molar-refractivity contribution >= 4 is 23.2 Å². The summed E-state index contributed by atoms with van der Waals surface area (Å²) >= 11 is 12.1. The minimum Gasteiger partial charge on any atom is -0.306 e. The first kappa shape index (κ1) is 14.4. The van der Waals surface area contributed by atoms with E-state index in [0.717, 1.165) is 17.8 Å². The monoisotopic (exact) mass is 297 g/mol. The topological polar surface area (TPSA) is 29.9 Å². The van der Waals surface area contributed by atoms with Crippen LogP contribution in [0.5, 0.6) is 0 Å². The van der Waals surface area contributed by atoms with Crippen LogP contribution in [0.3, 0.4) is 0 Å². The molecule has 19 heavy (non-hydrogen) atoms. The maximum absolute atomic E-state index is 6.20. The normalized spacial score (nSPS) is 12.7. The Kier molecular flexibility index (Phi) is 4.50. The first-order valence-corrected chi connectivity index (χ1v) is 6.90. The van der Waals surface area contributed by atoms with Crippen LogP contribution in [0.1, 0.15) is 29.8 Å². The molecule has 1 unspecified atom stereocenters. The summed E-state index contributed by atoms with van der Waals surface area (Å²) in [5.74, 6) is 0. The van der Waals surface area contributed by atoms with Crippen LogP contribution < -0.4 is 5.32 Å². The Balaban J connectivity index is 2.05. The van der Waals surface area contributed by atoms with Gasteiger partial charge in [0, 0.05) is 41.4 Å². The van der Waals surface area contributed by atoms with E-state index < -0.39 is 0 Å². The second kappa shape index (κ2) is 5.95. The summed E-state index contributed by atoms with van der Waals surface area (Å²) in [6.07, 6.45) is 2.03. The van der Waals surface area contributed by atoms with Gasteiger partial charge in [0.2, 0.25) is 0 Å². The van der Waals surface area contributed by atoms with Crippen molar-refractivity contribution in [2.75, 3.05) is 0 Å². The lowest BCUT2D eigenvalue weighted by molar-refractivity contribution is 0.573. The Morgan fingerprint density at radius 2 is 2.11 bits per heavy atom. The van der Waals surface area contributed by atoms with Gasteiger partial charge < -0.3 is 5.32 Å². The van der Waals surface area contributed by atoms with Crippen molar-refractivity contribution in [1.82, 2.24) is 15.1 Å². The van der Waals surface area contributed by atoms with Crippen molar-refractivity contribution in [3.63, 3.8) is 0 Å². The molecule has 0 aliphatic heterocycles. The third-order valence-electron chi connectivity index (χ3n) is 3.14. The number of hydrogen-bond acceptors (Lipinski definition) is 2. The van der Waals surface area contributed by atoms with E-state index in [4.69, 9.17) is 23.2 Å². The highest BCUT2D eigenvalue weighted by molar-refractivity contribution is 6.35. The highest BCUT2D eigenvalue weighted by Gasteiger charge is 2.11. The fourth-order valence-electron chi connectivity index (χ4n) is 2.05. The lowest BCUT2D eigenvalue weighted by atomic mass is 10.1. The minimum atomic E-state index is 0.157. The van der Waals surface area contributed by atoms with Gasteiger partial charge in [0.05, 0.1) is 5.69 Å². The average Bonchev–Trinajstić information content (AvgIpc) is 2.65. The molecule has 1 aromatic carbocycles. The van der Waals surface area contributed by atoms with Crippen LogP contribution in [0.15, 0.2) is 24.4 Å². The zero-order chi connectivity index (χ0) is 14.0. The highest BCUT2D eigenvalue weighted by atomic mass is 35.5. The Labute approximate surface area is 123 Å². The Hall–Kier alpha value is -1.03. The summed E-state index contributed by atoms with van der Waals surface area (Å²) in [6, 6.07) is 5.74. The molecule has 0 aliphatic rings. The maximum atomic E-state index is 6.20. The molecular formula is C14H17Cl2N3. The van der Waals surface area contributed by atoms with Gasteiger partial charge in [0.25, 0.3) is 0 Å². The molecule has 0 aliphatic carbocycles. The molecule has 5 heteroatoms. The molecule has 1 N–H and O–H groups in total. The molecule has 1 aromatic heterocycles. The van der Waals surface area contributed by atoms with Crippen molar-refractivity contribution < 1.29 is 0 Å². The summed E-state index contributed by atoms with van der Waals surface area (Å²) in [7, 11) is 1.93. The van der Waals surface area contributed by atoms with Crippen molar-refractivity contribution in [3.05, 3.63) is 51.3 Å². The molecule has 0 fully saturated rings. The Morgan fingerprint density at radius 1 is 1.37 bits per heavy atom. The van der Waals surface area contributed by atoms with Gasteiger partial charge >= 0.3 is 0 Å². The van der Waals surface area contributed by atoms with E-state index in [0.29, 0.717) is 10.0 Å². The molecular weight excluding hydrogens is 281 g/mol. The average molecular weight is 298 g/mol. The van der Waals surface area contributed by atoms with Gasteiger partial charge in [-0.25, -0.2) is 0 Å². The summed E-state index contributed by atoms with van der Waals surface area (Å²) in [5.41, 5.74) is 3.29. The third-order valence-corrected chi connectivity index (χ3v) is 3.71. The second-order valence-corrected chi connectivity index (χ2v) is 5.53. The number of nitrogens with one attached hydrogen (secondary N) is 1. The number of rotatable bonds is 4. The molecule has 0 saturated carbocycles. The van der Waals surface area contributed by atoms with E-state index in [9.17, 15) is 0 Å². The second-order valence-electron chi connectivity index (χ2n) is 4.68. The maximum Gasteiger partial charge on any atom is 0.0638 e. The fraction of sp³-hybridized carbons (Fsp3) is 0.357. The van der Waals surface area contributed by atoms with Crippen molar-refractivity contribution in [3.8, 4) is 0 Å². The van der Waals surface area contributed by atoms with E-state index in [1.165, 1.54) is 5.56 Å². The van der Waals surface area contributed by atoms with Crippen molar-refractivity contribution in [1.29, 1.82) is 0 Å². The number of aryl methyl sites for hydroxylation is 2. The molecule has 0 spiro atoms. The van der Waals surface area contributed by atoms with E-state index in [2.05, 4.69) is 17.3 Å². The smallest absolute Gasteiger partial charge is 0.0638 e. The number of aromatic nitrogens is 2. The largest absolute Gasteiger partial charge is 0.306 e. The van der Waals surface area contributed by atoms with Gasteiger partial charge in [-0.1, -0.05) is 29.3 Å². The van der Waals surface area contributed by atoms with Gasteiger partial charge in [-0.05, 0) is 31.5 Å². The molecule has 0 radical (unpaired) electrons. The lowest BCUT2D eigenvalue weighted by Gasteiger charge is -2.15. The summed E-state index contributed by atoms with van der Waals surface area (Å²) in [4.78, 5) is 0. The fourth-order valence-corrected chi connectivity index (χ4v) is 2.62. The van der Waals surface area contributed by atoms with Crippen LogP contribution in [0.2, 0.25) is 10.0 Å². The molecule has 0 amide bonds. The zero-order valence-corrected chi connectivity index (χ0v) is 12.8. The van der Waals surface area contributed by atoms with Crippen LogP contribution in [0.4, 0.5) is 0 Å². The molecule has 102 valence electrons. The quantitative estimate of drug-likeness (QED) is 0.928. The van der Waals surface area contributed by atoms with Gasteiger partial charge in [-0.15, -0.1) is 0 Å². The first-order chi connectivity index (χ1) is 8.97. The van der Waals surface area contributed by atoms with Gasteiger partial charge in [-0.3, -0.25) is 4.68 Å². The summed E-state index contributed by atoms with van der Waals surface area (Å²) in [5, 5.41) is 9.12. The molecule has 1 atom stereocenters. The molecule has 2 aromatic rings. The predicted molar refractivity (Wildman–Crippen MR) is 79.7 cm³/mol. The highest BCUT2D eigenvalue weighted by Crippen LogP contribution is 2.26. The van der Waals surface area contributed by atoms with E-state index >= 15 is 0 Å². The molecule has 2 rings (SSSR count). The van der Waals surface area contributed by atoms with E-state index in [1.807, 2.05) is 37.0 Å². The lowest BCUT2D eigenvalue weighted by Crippen LogP contribution is -2.18. The van der Waals surface area contributed by atoms with E-state index in [1.54, 1.807) is 6.07 Å². The van der Waals surface area contributed by atoms with Gasteiger partial charge in [-0.2, -0.15) is 5.10 Å². The Bertz CT molecular complexity index is 578. The SMILES string of the molecule is Cc1nn(C)cc1CNC(C)c1ccc(Cl)cc1Cl. The summed E-state index contributed by atoms with van der Waals surface area (Å²) in [6.45, 7) is 4.86. The van der Waals surface area contributed by atoms with Crippen LogP contribution in [0, 0.1) is 6.92 Å². The Morgan fingerprint density at radius 3 is 2.68 bits per heavy atom. The number of nitrogens with zero attached hydrogens (tertiary/aromatic N) is 2. The van der Waals surface area contributed by atoms with Crippen molar-refractivity contribution in [2.24, 2.45) is 7.05 Å². The predicted octanol–water partition coefficient (Wildman–Crippen LogP) is 3.89. The number of benzene rings is 1. The molecule has 0 saturated heterocycles. The standard InChI is InChI=1S/C14H17Cl2N3/c1-9-11(8-19(3)18-9)7-17-10(2)13-5-4-12(15)6-14(13)16/h4-6,8,10,17H,7H2,1-3H3. The summed E-state index contributed by atoms with van der Waals surface area (Å²) < 4.78 is 1.83. The number of halogens is 2. The van der Waals surface area contributed by atoms with Gasteiger partial charge in [0.15, 0.2) is 0 Å². The third kappa shape index (κ3) is 3.50. The van der Waals surface area contributed by atoms with Crippen LogP contribution in [-0.2, 0) is 13.6 Å². The van der Waals surface area contributed by atoms with Crippen molar-refractivity contribution in [2.45, 2.75) is 26.4 Å². The molecule has 3 nitrogen and oxygen atoms in total. The van der Waals surface area contributed by atoms with Gasteiger partial charge in [0.1, 0.15) is 0 Å². The first-order valence-electron chi connectivity index (χ1n) is 6.15. The zero-order valence-electron chi connectivity index (χ0n) is 11.2.